The second kappa shape index (κ2) is 36.7. The fourth-order valence-electron chi connectivity index (χ4n) is 3.78. The lowest BCUT2D eigenvalue weighted by molar-refractivity contribution is -0.147. The van der Waals surface area contributed by atoms with Crippen molar-refractivity contribution in [3.63, 3.8) is 0 Å². The number of hydrogen-bond acceptors (Lipinski definition) is 17. The van der Waals surface area contributed by atoms with E-state index >= 15 is 0 Å². The number of rotatable bonds is 40. The Kier molecular flexibility index (Phi) is 34.1. The number of nitrogens with one attached hydrogen (secondary N) is 1. The number of imide groups is 1. The van der Waals surface area contributed by atoms with Crippen molar-refractivity contribution >= 4 is 45.3 Å². The van der Waals surface area contributed by atoms with Crippen molar-refractivity contribution in [2.75, 3.05) is 158 Å². The molecule has 1 atom stereocenters. The van der Waals surface area contributed by atoms with Gasteiger partial charge in [-0.3, -0.25) is 24.1 Å². The third-order valence-electron chi connectivity index (χ3n) is 6.59. The Morgan fingerprint density at radius 3 is 1.30 bits per heavy atom. The predicted octanol–water partition coefficient (Wildman–Crippen LogP) is 1.16. The Morgan fingerprint density at radius 1 is 0.574 bits per heavy atom. The monoisotopic (exact) mass is 814 g/mol. The first-order valence-corrected chi connectivity index (χ1v) is 20.7. The Morgan fingerprint density at radius 2 is 0.926 bits per heavy atom. The van der Waals surface area contributed by atoms with Gasteiger partial charge in [0, 0.05) is 29.7 Å². The van der Waals surface area contributed by atoms with Gasteiger partial charge < -0.3 is 57.4 Å². The van der Waals surface area contributed by atoms with Crippen molar-refractivity contribution in [1.82, 2.24) is 10.2 Å². The molecule has 0 aromatic carbocycles. The minimum Gasteiger partial charge on any atom is -0.464 e. The molecule has 0 radical (unpaired) electrons. The largest absolute Gasteiger partial charge is 0.464 e. The van der Waals surface area contributed by atoms with Crippen LogP contribution in [-0.4, -0.2) is 191 Å². The van der Waals surface area contributed by atoms with Crippen molar-refractivity contribution in [1.29, 1.82) is 0 Å². The zero-order chi connectivity index (χ0) is 39.3. The third-order valence-corrected chi connectivity index (χ3v) is 9.42. The van der Waals surface area contributed by atoms with Gasteiger partial charge in [-0.25, -0.2) is 0 Å². The van der Waals surface area contributed by atoms with Crippen LogP contribution in [-0.2, 0) is 71.3 Å². The maximum atomic E-state index is 11.8. The van der Waals surface area contributed by atoms with E-state index in [0.29, 0.717) is 132 Å². The number of hydrogen-bond donors (Lipinski definition) is 1. The molecule has 0 fully saturated rings. The summed E-state index contributed by atoms with van der Waals surface area (Å²) in [6.45, 7) is 15.4. The standard InChI is InChI=1S/C35H62N2O15S2/c1-30(2)35(41)52-29-31(3)54-53-27-26-51-25-24-50-23-22-49-21-20-48-19-18-47-17-16-46-15-14-45-13-12-44-11-10-43-9-8-42-7-6-36-32(38)28-37-33(39)4-5-34(37)40/h4-5,30-31H,6-29H2,1-3H3,(H,36,38). The zero-order valence-corrected chi connectivity index (χ0v) is 33.8. The molecule has 0 aromatic rings. The summed E-state index contributed by atoms with van der Waals surface area (Å²) in [6.07, 6.45) is 2.27. The SMILES string of the molecule is CC(COC(=O)C(C)C)SSCCOCCOCCOCCOCCOCCOCCOCCOCCOCCOCCNC(=O)CN1C(=O)C=CC1=O. The average Bonchev–Trinajstić information content (AvgIpc) is 3.47. The Labute approximate surface area is 327 Å². The van der Waals surface area contributed by atoms with E-state index in [1.165, 1.54) is 0 Å². The normalized spacial score (nSPS) is 13.4. The van der Waals surface area contributed by atoms with Gasteiger partial charge in [0.15, 0.2) is 0 Å². The predicted molar refractivity (Wildman–Crippen MR) is 202 cm³/mol. The highest BCUT2D eigenvalue weighted by molar-refractivity contribution is 8.76. The van der Waals surface area contributed by atoms with Gasteiger partial charge in [0.1, 0.15) is 13.2 Å². The number of carbonyl (C=O) groups excluding carboxylic acids is 4. The van der Waals surface area contributed by atoms with E-state index in [9.17, 15) is 19.2 Å². The summed E-state index contributed by atoms with van der Waals surface area (Å²) in [5.41, 5.74) is 0. The topological polar surface area (TPSA) is 185 Å². The molecule has 17 nitrogen and oxygen atoms in total. The van der Waals surface area contributed by atoms with Crippen molar-refractivity contribution < 1.29 is 71.3 Å². The van der Waals surface area contributed by atoms with Crippen LogP contribution in [0.4, 0.5) is 0 Å². The number of nitrogens with zero attached hydrogens (tertiary/aromatic N) is 1. The van der Waals surface area contributed by atoms with E-state index < -0.39 is 17.7 Å². The molecule has 0 spiro atoms. The summed E-state index contributed by atoms with van der Waals surface area (Å²) in [4.78, 5) is 47.0. The highest BCUT2D eigenvalue weighted by atomic mass is 33.1. The number of carbonyl (C=O) groups is 4. The molecule has 1 aliphatic rings. The fourth-order valence-corrected chi connectivity index (χ4v) is 5.78. The minimum atomic E-state index is -0.493. The first kappa shape index (κ1) is 50.1. The van der Waals surface area contributed by atoms with Crippen LogP contribution in [0.1, 0.15) is 20.8 Å². The second-order valence-electron chi connectivity index (χ2n) is 11.6. The van der Waals surface area contributed by atoms with Gasteiger partial charge in [-0.2, -0.15) is 0 Å². The van der Waals surface area contributed by atoms with Crippen LogP contribution in [0.5, 0.6) is 0 Å². The van der Waals surface area contributed by atoms with Crippen LogP contribution in [0.3, 0.4) is 0 Å². The summed E-state index contributed by atoms with van der Waals surface area (Å²) in [7, 11) is 3.40. The average molecular weight is 815 g/mol. The lowest BCUT2D eigenvalue weighted by Crippen LogP contribution is -2.41. The van der Waals surface area contributed by atoms with E-state index in [1.54, 1.807) is 21.6 Å². The summed E-state index contributed by atoms with van der Waals surface area (Å²) in [5.74, 6) is -0.813. The van der Waals surface area contributed by atoms with E-state index in [4.69, 9.17) is 52.1 Å². The van der Waals surface area contributed by atoms with Gasteiger partial charge in [-0.15, -0.1) is 0 Å². The molecule has 1 rings (SSSR count). The quantitative estimate of drug-likeness (QED) is 0.0402. The minimum absolute atomic E-state index is 0.0962. The molecule has 1 unspecified atom stereocenters. The zero-order valence-electron chi connectivity index (χ0n) is 32.2. The van der Waals surface area contributed by atoms with Crippen LogP contribution >= 0.6 is 21.6 Å². The first-order valence-electron chi connectivity index (χ1n) is 18.3. The van der Waals surface area contributed by atoms with Gasteiger partial charge in [-0.1, -0.05) is 35.4 Å². The van der Waals surface area contributed by atoms with E-state index in [-0.39, 0.29) is 36.8 Å². The molecule has 314 valence electrons. The lowest BCUT2D eigenvalue weighted by Gasteiger charge is -2.13. The van der Waals surface area contributed by atoms with Crippen molar-refractivity contribution in [2.24, 2.45) is 5.92 Å². The highest BCUT2D eigenvalue weighted by Crippen LogP contribution is 2.26. The number of ether oxygens (including phenoxy) is 11. The molecule has 0 bridgehead atoms. The van der Waals surface area contributed by atoms with E-state index in [0.717, 1.165) is 22.8 Å². The first-order chi connectivity index (χ1) is 26.3. The second-order valence-corrected chi connectivity index (χ2v) is 14.5. The Hall–Kier alpha value is -1.88. The molecule has 1 heterocycles. The molecule has 0 aliphatic carbocycles. The fraction of sp³-hybridized carbons (Fsp3) is 0.829. The molecular weight excluding hydrogens is 753 g/mol. The molecule has 1 aliphatic heterocycles. The molecule has 1 N–H and O–H groups in total. The van der Waals surface area contributed by atoms with Crippen molar-refractivity contribution in [3.05, 3.63) is 12.2 Å². The molecular formula is C35H62N2O15S2. The van der Waals surface area contributed by atoms with Gasteiger partial charge >= 0.3 is 5.97 Å². The molecule has 19 heteroatoms. The van der Waals surface area contributed by atoms with E-state index in [1.807, 2.05) is 20.8 Å². The lowest BCUT2D eigenvalue weighted by atomic mass is 10.2. The highest BCUT2D eigenvalue weighted by Gasteiger charge is 2.25. The smallest absolute Gasteiger partial charge is 0.308 e. The summed E-state index contributed by atoms with van der Waals surface area (Å²) in [6, 6.07) is 0. The van der Waals surface area contributed by atoms with Crippen molar-refractivity contribution in [2.45, 2.75) is 26.0 Å². The Balaban J connectivity index is 1.66. The van der Waals surface area contributed by atoms with Crippen LogP contribution in [0.15, 0.2) is 12.2 Å². The summed E-state index contributed by atoms with van der Waals surface area (Å²) < 4.78 is 59.9. The number of amides is 3. The molecule has 0 aromatic heterocycles. The van der Waals surface area contributed by atoms with Gasteiger partial charge in [0.2, 0.25) is 5.91 Å². The number of esters is 1. The molecule has 0 saturated heterocycles. The maximum Gasteiger partial charge on any atom is 0.308 e. The maximum absolute atomic E-state index is 11.8. The van der Waals surface area contributed by atoms with Crippen LogP contribution in [0.25, 0.3) is 0 Å². The van der Waals surface area contributed by atoms with Gasteiger partial charge in [0.05, 0.1) is 138 Å². The summed E-state index contributed by atoms with van der Waals surface area (Å²) in [5, 5.41) is 2.83. The van der Waals surface area contributed by atoms with Gasteiger partial charge in [0.25, 0.3) is 11.8 Å². The summed E-state index contributed by atoms with van der Waals surface area (Å²) >= 11 is 0. The Bertz CT molecular complexity index is 978. The van der Waals surface area contributed by atoms with Crippen molar-refractivity contribution in [3.8, 4) is 0 Å². The third kappa shape index (κ3) is 31.3. The van der Waals surface area contributed by atoms with Crippen LogP contribution in [0, 0.1) is 5.92 Å². The van der Waals surface area contributed by atoms with E-state index in [2.05, 4.69) is 5.32 Å². The molecule has 54 heavy (non-hydrogen) atoms. The van der Waals surface area contributed by atoms with Crippen LogP contribution in [0.2, 0.25) is 0 Å². The van der Waals surface area contributed by atoms with Gasteiger partial charge in [-0.05, 0) is 6.92 Å². The molecule has 0 saturated carbocycles. The van der Waals surface area contributed by atoms with Crippen LogP contribution < -0.4 is 5.32 Å². The molecule has 3 amide bonds.